The fourth-order valence-corrected chi connectivity index (χ4v) is 6.19. The Balaban J connectivity index is 1.32. The van der Waals surface area contributed by atoms with E-state index in [-0.39, 0.29) is 12.1 Å². The number of benzene rings is 2. The van der Waals surface area contributed by atoms with Gasteiger partial charge in [-0.15, -0.1) is 5.10 Å². The van der Waals surface area contributed by atoms with Gasteiger partial charge in [0.15, 0.2) is 0 Å². The van der Waals surface area contributed by atoms with Crippen molar-refractivity contribution >= 4 is 33.9 Å². The van der Waals surface area contributed by atoms with Crippen molar-refractivity contribution in [2.75, 3.05) is 30.3 Å². The molecule has 1 aliphatic heterocycles. The van der Waals surface area contributed by atoms with Crippen LogP contribution in [0.2, 0.25) is 5.02 Å². The zero-order chi connectivity index (χ0) is 30.3. The number of pyridine rings is 2. The summed E-state index contributed by atoms with van der Waals surface area (Å²) < 4.78 is 1.92. The van der Waals surface area contributed by atoms with Gasteiger partial charge in [-0.3, -0.25) is 14.6 Å². The minimum atomic E-state index is -0.319. The average molecular weight is 606 g/mol. The molecule has 10 heteroatoms. The Morgan fingerprint density at radius 3 is 2.57 bits per heavy atom. The van der Waals surface area contributed by atoms with Gasteiger partial charge in [0.05, 0.1) is 40.1 Å². The van der Waals surface area contributed by atoms with E-state index in [1.54, 1.807) is 12.4 Å². The molecule has 0 bridgehead atoms. The molecule has 6 rings (SSSR count). The summed E-state index contributed by atoms with van der Waals surface area (Å²) in [5.74, 6) is 0. The Kier molecular flexibility index (Phi) is 9.30. The molecule has 0 radical (unpaired) electrons. The van der Waals surface area contributed by atoms with E-state index in [0.29, 0.717) is 21.8 Å². The van der Waals surface area contributed by atoms with E-state index in [2.05, 4.69) is 60.9 Å². The summed E-state index contributed by atoms with van der Waals surface area (Å²) in [6, 6.07) is 20.0. The van der Waals surface area contributed by atoms with Crippen LogP contribution < -0.4 is 10.6 Å². The molecule has 1 aliphatic rings. The first-order valence-corrected chi connectivity index (χ1v) is 15.6. The summed E-state index contributed by atoms with van der Waals surface area (Å²) >= 11 is 6.85. The van der Waals surface area contributed by atoms with Crippen LogP contribution in [0.4, 0.5) is 11.4 Å². The highest BCUT2D eigenvalue weighted by Crippen LogP contribution is 2.37. The van der Waals surface area contributed by atoms with Crippen LogP contribution in [0.5, 0.6) is 0 Å². The van der Waals surface area contributed by atoms with Gasteiger partial charge >= 0.3 is 0 Å². The van der Waals surface area contributed by atoms with Gasteiger partial charge in [-0.05, 0) is 74.6 Å². The molecule has 0 amide bonds. The first-order chi connectivity index (χ1) is 21.6. The first kappa shape index (κ1) is 29.5. The lowest BCUT2D eigenvalue weighted by molar-refractivity contribution is 0.321. The van der Waals surface area contributed by atoms with Crippen molar-refractivity contribution in [1.29, 1.82) is 5.26 Å². The number of hydrogen-bond donors (Lipinski definition) is 2. The van der Waals surface area contributed by atoms with Crippen LogP contribution in [0.25, 0.3) is 10.9 Å². The molecule has 2 aromatic carbocycles. The van der Waals surface area contributed by atoms with Gasteiger partial charge < -0.3 is 15.5 Å². The minimum absolute atomic E-state index is 0.00735. The fraction of sp³-hybridized carbons (Fsp3) is 0.324. The molecule has 5 aromatic rings. The number of nitrogens with one attached hydrogen (secondary N) is 2. The molecule has 3 aromatic heterocycles. The highest BCUT2D eigenvalue weighted by atomic mass is 35.5. The van der Waals surface area contributed by atoms with Crippen molar-refractivity contribution in [2.24, 2.45) is 0 Å². The number of aromatic nitrogens is 5. The Hall–Kier alpha value is -4.52. The van der Waals surface area contributed by atoms with Crippen LogP contribution in [-0.2, 0) is 6.54 Å². The summed E-state index contributed by atoms with van der Waals surface area (Å²) in [6.07, 6.45) is 11.6. The maximum Gasteiger partial charge on any atom is 0.110 e. The predicted octanol–water partition coefficient (Wildman–Crippen LogP) is 7.00. The quantitative estimate of drug-likeness (QED) is 0.157. The van der Waals surface area contributed by atoms with E-state index in [1.165, 1.54) is 25.9 Å². The lowest BCUT2D eigenvalue weighted by atomic mass is 10.0. The number of halogens is 1. The van der Waals surface area contributed by atoms with Crippen LogP contribution >= 0.6 is 11.6 Å². The van der Waals surface area contributed by atoms with E-state index < -0.39 is 0 Å². The zero-order valence-electron chi connectivity index (χ0n) is 24.8. The molecular formula is C34H36ClN9. The monoisotopic (exact) mass is 605 g/mol. The van der Waals surface area contributed by atoms with E-state index in [9.17, 15) is 5.26 Å². The summed E-state index contributed by atoms with van der Waals surface area (Å²) in [5.41, 5.74) is 5.44. The molecule has 224 valence electrons. The van der Waals surface area contributed by atoms with Crippen LogP contribution in [0, 0.1) is 11.3 Å². The van der Waals surface area contributed by atoms with Crippen LogP contribution in [-0.4, -0.2) is 49.5 Å². The number of aryl methyl sites for hydroxylation is 1. The Morgan fingerprint density at radius 1 is 1.00 bits per heavy atom. The van der Waals surface area contributed by atoms with Crippen molar-refractivity contribution in [2.45, 2.75) is 51.2 Å². The molecule has 2 atom stereocenters. The van der Waals surface area contributed by atoms with Gasteiger partial charge in [0.25, 0.3) is 0 Å². The van der Waals surface area contributed by atoms with Crippen molar-refractivity contribution in [1.82, 2.24) is 29.9 Å². The second-order valence-corrected chi connectivity index (χ2v) is 11.6. The predicted molar refractivity (Wildman–Crippen MR) is 175 cm³/mol. The molecule has 0 aliphatic carbocycles. The maximum absolute atomic E-state index is 10.0. The minimum Gasteiger partial charge on any atom is -0.377 e. The summed E-state index contributed by atoms with van der Waals surface area (Å²) in [5, 5.41) is 27.6. The topological polar surface area (TPSA) is 108 Å². The molecule has 0 spiro atoms. The van der Waals surface area contributed by atoms with Crippen LogP contribution in [0.1, 0.15) is 67.1 Å². The lowest BCUT2D eigenvalue weighted by Gasteiger charge is -2.22. The molecule has 44 heavy (non-hydrogen) atoms. The maximum atomic E-state index is 10.0. The number of nitriles is 1. The molecule has 1 fully saturated rings. The van der Waals surface area contributed by atoms with Gasteiger partial charge in [0, 0.05) is 36.2 Å². The summed E-state index contributed by atoms with van der Waals surface area (Å²) in [6.45, 7) is 6.39. The van der Waals surface area contributed by atoms with Crippen molar-refractivity contribution in [3.63, 3.8) is 0 Å². The SMILES string of the molecule is CC[C@@H](Nc1c(C#N)cnc2c(Cl)cc(NC(c3cccnc3)c3cn(CCCN4CCCC4)nn3)cc12)c1ccccc1. The number of fused-ring (bicyclic) bond motifs is 1. The molecular weight excluding hydrogens is 570 g/mol. The van der Waals surface area contributed by atoms with Crippen LogP contribution in [0.3, 0.4) is 0 Å². The van der Waals surface area contributed by atoms with Gasteiger partial charge in [-0.2, -0.15) is 5.26 Å². The molecule has 1 saturated heterocycles. The molecule has 4 heterocycles. The third kappa shape index (κ3) is 6.67. The normalized spacial score (nSPS) is 14.8. The van der Waals surface area contributed by atoms with Gasteiger partial charge in [-0.25, -0.2) is 0 Å². The second-order valence-electron chi connectivity index (χ2n) is 11.2. The van der Waals surface area contributed by atoms with E-state index in [4.69, 9.17) is 11.6 Å². The number of nitrogens with zero attached hydrogens (tertiary/aromatic N) is 7. The van der Waals surface area contributed by atoms with Crippen molar-refractivity contribution in [3.05, 3.63) is 107 Å². The first-order valence-electron chi connectivity index (χ1n) is 15.3. The second kappa shape index (κ2) is 13.8. The lowest BCUT2D eigenvalue weighted by Crippen LogP contribution is -2.21. The standard InChI is InChI=1S/C34H36ClN9/c1-2-30(24-10-4-3-5-11-24)40-32-26(20-36)22-38-34-28(32)18-27(19-29(34)35)39-33(25-12-8-13-37-21-25)31-23-44(42-41-31)17-9-16-43-14-6-7-15-43/h3-5,8,10-13,18-19,21-23,30,33,39H,2,6-7,9,14-17H2,1H3,(H,38,40)/t30-,33?/m1/s1. The van der Waals surface area contributed by atoms with Crippen LogP contribution in [0.15, 0.2) is 79.4 Å². The molecule has 0 saturated carbocycles. The van der Waals surface area contributed by atoms with Crippen molar-refractivity contribution < 1.29 is 0 Å². The van der Waals surface area contributed by atoms with Gasteiger partial charge in [-0.1, -0.05) is 60.1 Å². The summed E-state index contributed by atoms with van der Waals surface area (Å²) in [7, 11) is 0. The Morgan fingerprint density at radius 2 is 1.82 bits per heavy atom. The van der Waals surface area contributed by atoms with Gasteiger partial charge in [0.1, 0.15) is 11.8 Å². The third-order valence-corrected chi connectivity index (χ3v) is 8.50. The summed E-state index contributed by atoms with van der Waals surface area (Å²) in [4.78, 5) is 11.4. The largest absolute Gasteiger partial charge is 0.377 e. The molecule has 9 nitrogen and oxygen atoms in total. The van der Waals surface area contributed by atoms with E-state index in [1.807, 2.05) is 59.5 Å². The molecule has 1 unspecified atom stereocenters. The smallest absolute Gasteiger partial charge is 0.110 e. The number of anilines is 2. The number of rotatable bonds is 12. The van der Waals surface area contributed by atoms with Gasteiger partial charge in [0.2, 0.25) is 0 Å². The van der Waals surface area contributed by atoms with Crippen molar-refractivity contribution in [3.8, 4) is 6.07 Å². The highest BCUT2D eigenvalue weighted by molar-refractivity contribution is 6.35. The number of likely N-dealkylation sites (tertiary alicyclic amines) is 1. The van der Waals surface area contributed by atoms with E-state index >= 15 is 0 Å². The zero-order valence-corrected chi connectivity index (χ0v) is 25.6. The third-order valence-electron chi connectivity index (χ3n) is 8.22. The Labute approximate surface area is 262 Å². The fourth-order valence-electron chi connectivity index (χ4n) is 5.92. The average Bonchev–Trinajstić information content (AvgIpc) is 3.76. The number of hydrogen-bond acceptors (Lipinski definition) is 8. The van der Waals surface area contributed by atoms with E-state index in [0.717, 1.165) is 53.8 Å². The Bertz CT molecular complexity index is 1730. The highest BCUT2D eigenvalue weighted by Gasteiger charge is 2.21. The molecule has 2 N–H and O–H groups in total.